The van der Waals surface area contributed by atoms with E-state index in [-0.39, 0.29) is 5.69 Å². The SMILES string of the molecule is CC(CN)Cc1n[nH]c(=O)[nH]1. The molecule has 1 rings (SSSR count). The Balaban J connectivity index is 2.57. The van der Waals surface area contributed by atoms with Gasteiger partial charge in [-0.25, -0.2) is 9.89 Å². The van der Waals surface area contributed by atoms with Gasteiger partial charge >= 0.3 is 5.69 Å². The van der Waals surface area contributed by atoms with Crippen molar-refractivity contribution in [3.05, 3.63) is 16.3 Å². The molecule has 0 amide bonds. The van der Waals surface area contributed by atoms with Crippen LogP contribution in [0.4, 0.5) is 0 Å². The van der Waals surface area contributed by atoms with Crippen molar-refractivity contribution in [2.75, 3.05) is 6.54 Å². The van der Waals surface area contributed by atoms with Crippen LogP contribution in [0.3, 0.4) is 0 Å². The average Bonchev–Trinajstić information content (AvgIpc) is 2.35. The molecular formula is C6H12N4O. The highest BCUT2D eigenvalue weighted by Crippen LogP contribution is 1.98. The molecule has 0 aliphatic heterocycles. The highest BCUT2D eigenvalue weighted by Gasteiger charge is 2.03. The number of nitrogens with zero attached hydrogens (tertiary/aromatic N) is 1. The Labute approximate surface area is 64.0 Å². The second-order valence-corrected chi connectivity index (χ2v) is 2.67. The summed E-state index contributed by atoms with van der Waals surface area (Å²) in [5, 5.41) is 6.05. The zero-order valence-electron chi connectivity index (χ0n) is 6.42. The van der Waals surface area contributed by atoms with Crippen molar-refractivity contribution in [1.29, 1.82) is 0 Å². The van der Waals surface area contributed by atoms with Crippen molar-refractivity contribution < 1.29 is 0 Å². The van der Waals surface area contributed by atoms with Crippen LogP contribution in [0.25, 0.3) is 0 Å². The topological polar surface area (TPSA) is 87.6 Å². The molecule has 4 N–H and O–H groups in total. The maximum absolute atomic E-state index is 10.6. The number of nitrogens with one attached hydrogen (secondary N) is 2. The van der Waals surface area contributed by atoms with Crippen molar-refractivity contribution in [3.8, 4) is 0 Å². The predicted octanol–water partition coefficient (Wildman–Crippen LogP) is -0.765. The van der Waals surface area contributed by atoms with Crippen LogP contribution in [0, 0.1) is 5.92 Å². The Morgan fingerprint density at radius 3 is 2.91 bits per heavy atom. The van der Waals surface area contributed by atoms with Crippen LogP contribution in [0.1, 0.15) is 12.7 Å². The molecule has 0 saturated heterocycles. The number of hydrogen-bond acceptors (Lipinski definition) is 3. The number of aromatic nitrogens is 3. The largest absolute Gasteiger partial charge is 0.340 e. The minimum Gasteiger partial charge on any atom is -0.330 e. The van der Waals surface area contributed by atoms with E-state index in [1.807, 2.05) is 6.92 Å². The first kappa shape index (κ1) is 8.00. The maximum atomic E-state index is 10.6. The fraction of sp³-hybridized carbons (Fsp3) is 0.667. The van der Waals surface area contributed by atoms with Gasteiger partial charge < -0.3 is 5.73 Å². The van der Waals surface area contributed by atoms with E-state index >= 15 is 0 Å². The second kappa shape index (κ2) is 3.34. The molecule has 0 fully saturated rings. The monoisotopic (exact) mass is 156 g/mol. The van der Waals surface area contributed by atoms with Gasteiger partial charge in [-0.2, -0.15) is 5.10 Å². The maximum Gasteiger partial charge on any atom is 0.340 e. The normalized spacial score (nSPS) is 13.3. The van der Waals surface area contributed by atoms with E-state index in [1.54, 1.807) is 0 Å². The molecule has 0 saturated carbocycles. The Morgan fingerprint density at radius 1 is 1.73 bits per heavy atom. The number of nitrogens with two attached hydrogens (primary N) is 1. The lowest BCUT2D eigenvalue weighted by Crippen LogP contribution is -2.14. The van der Waals surface area contributed by atoms with Gasteiger partial charge in [-0.15, -0.1) is 0 Å². The van der Waals surface area contributed by atoms with E-state index in [2.05, 4.69) is 15.2 Å². The molecule has 0 aliphatic rings. The van der Waals surface area contributed by atoms with Crippen molar-refractivity contribution in [1.82, 2.24) is 15.2 Å². The molecule has 62 valence electrons. The van der Waals surface area contributed by atoms with Crippen LogP contribution in [-0.2, 0) is 6.42 Å². The first-order valence-corrected chi connectivity index (χ1v) is 3.56. The van der Waals surface area contributed by atoms with E-state index in [0.717, 1.165) is 6.42 Å². The number of H-pyrrole nitrogens is 2. The third-order valence-corrected chi connectivity index (χ3v) is 1.49. The average molecular weight is 156 g/mol. The van der Waals surface area contributed by atoms with Crippen LogP contribution in [-0.4, -0.2) is 21.7 Å². The Hall–Kier alpha value is -1.10. The van der Waals surface area contributed by atoms with Crippen molar-refractivity contribution >= 4 is 0 Å². The van der Waals surface area contributed by atoms with Crippen LogP contribution < -0.4 is 11.4 Å². The Kier molecular flexibility index (Phi) is 2.43. The quantitative estimate of drug-likeness (QED) is 0.537. The molecule has 0 aromatic carbocycles. The van der Waals surface area contributed by atoms with E-state index in [9.17, 15) is 4.79 Å². The summed E-state index contributed by atoms with van der Waals surface area (Å²) in [6.45, 7) is 2.61. The highest BCUT2D eigenvalue weighted by molar-refractivity contribution is 4.82. The lowest BCUT2D eigenvalue weighted by atomic mass is 10.1. The third-order valence-electron chi connectivity index (χ3n) is 1.49. The summed E-state index contributed by atoms with van der Waals surface area (Å²) in [7, 11) is 0. The van der Waals surface area contributed by atoms with Gasteiger partial charge in [-0.3, -0.25) is 4.98 Å². The first-order valence-electron chi connectivity index (χ1n) is 3.56. The number of aromatic amines is 2. The fourth-order valence-electron chi connectivity index (χ4n) is 0.815. The summed E-state index contributed by atoms with van der Waals surface area (Å²) in [5.41, 5.74) is 5.14. The highest BCUT2D eigenvalue weighted by atomic mass is 16.1. The Morgan fingerprint density at radius 2 is 2.45 bits per heavy atom. The van der Waals surface area contributed by atoms with Crippen LogP contribution >= 0.6 is 0 Å². The number of hydrogen-bond donors (Lipinski definition) is 3. The summed E-state index contributed by atoms with van der Waals surface area (Å²) in [4.78, 5) is 13.1. The smallest absolute Gasteiger partial charge is 0.330 e. The zero-order chi connectivity index (χ0) is 8.27. The van der Waals surface area contributed by atoms with Gasteiger partial charge in [0.2, 0.25) is 0 Å². The molecule has 0 spiro atoms. The van der Waals surface area contributed by atoms with Gasteiger partial charge in [-0.1, -0.05) is 6.92 Å². The van der Waals surface area contributed by atoms with Crippen molar-refractivity contribution in [3.63, 3.8) is 0 Å². The molecule has 5 nitrogen and oxygen atoms in total. The van der Waals surface area contributed by atoms with Gasteiger partial charge in [0, 0.05) is 6.42 Å². The zero-order valence-corrected chi connectivity index (χ0v) is 6.42. The molecular weight excluding hydrogens is 144 g/mol. The molecule has 1 atom stereocenters. The Bertz CT molecular complexity index is 264. The lowest BCUT2D eigenvalue weighted by molar-refractivity contribution is 0.575. The molecule has 0 radical (unpaired) electrons. The fourth-order valence-corrected chi connectivity index (χ4v) is 0.815. The first-order chi connectivity index (χ1) is 5.22. The molecule has 1 unspecified atom stereocenters. The summed E-state index contributed by atoms with van der Waals surface area (Å²) < 4.78 is 0. The minimum absolute atomic E-state index is 0.260. The van der Waals surface area contributed by atoms with Gasteiger partial charge in [-0.05, 0) is 12.5 Å². The van der Waals surface area contributed by atoms with Gasteiger partial charge in [0.15, 0.2) is 0 Å². The molecule has 0 aliphatic carbocycles. The second-order valence-electron chi connectivity index (χ2n) is 2.67. The number of rotatable bonds is 3. The predicted molar refractivity (Wildman–Crippen MR) is 41.1 cm³/mol. The van der Waals surface area contributed by atoms with E-state index in [0.29, 0.717) is 18.3 Å². The molecule has 1 aromatic rings. The van der Waals surface area contributed by atoms with Crippen molar-refractivity contribution in [2.24, 2.45) is 11.7 Å². The molecule has 0 bridgehead atoms. The molecule has 5 heteroatoms. The molecule has 11 heavy (non-hydrogen) atoms. The summed E-state index contributed by atoms with van der Waals surface area (Å²) in [6, 6.07) is 0. The third kappa shape index (κ3) is 2.19. The molecule has 1 heterocycles. The van der Waals surface area contributed by atoms with Crippen molar-refractivity contribution in [2.45, 2.75) is 13.3 Å². The summed E-state index contributed by atoms with van der Waals surface area (Å²) in [6.07, 6.45) is 0.718. The standard InChI is InChI=1S/C6H12N4O/c1-4(3-7)2-5-8-6(11)10-9-5/h4H,2-3,7H2,1H3,(H2,8,9,10,11). The van der Waals surface area contributed by atoms with E-state index < -0.39 is 0 Å². The van der Waals surface area contributed by atoms with Gasteiger partial charge in [0.1, 0.15) is 5.82 Å². The molecule has 1 aromatic heterocycles. The van der Waals surface area contributed by atoms with Crippen LogP contribution in [0.5, 0.6) is 0 Å². The van der Waals surface area contributed by atoms with E-state index in [4.69, 9.17) is 5.73 Å². The van der Waals surface area contributed by atoms with E-state index in [1.165, 1.54) is 0 Å². The summed E-state index contributed by atoms with van der Waals surface area (Å²) in [5.74, 6) is 1.03. The van der Waals surface area contributed by atoms with Gasteiger partial charge in [0.25, 0.3) is 0 Å². The summed E-state index contributed by atoms with van der Waals surface area (Å²) >= 11 is 0. The minimum atomic E-state index is -0.260. The van der Waals surface area contributed by atoms with Crippen LogP contribution in [0.15, 0.2) is 4.79 Å². The lowest BCUT2D eigenvalue weighted by Gasteiger charge is -2.02. The van der Waals surface area contributed by atoms with Crippen LogP contribution in [0.2, 0.25) is 0 Å². The van der Waals surface area contributed by atoms with Gasteiger partial charge in [0.05, 0.1) is 0 Å².